The van der Waals surface area contributed by atoms with Gasteiger partial charge in [-0.3, -0.25) is 4.79 Å². The van der Waals surface area contributed by atoms with Crippen LogP contribution in [0.1, 0.15) is 41.7 Å². The first-order valence-corrected chi connectivity index (χ1v) is 11.1. The summed E-state index contributed by atoms with van der Waals surface area (Å²) in [7, 11) is 0. The third kappa shape index (κ3) is 5.18. The van der Waals surface area contributed by atoms with Crippen molar-refractivity contribution in [3.8, 4) is 0 Å². The number of benzene rings is 2. The topological polar surface area (TPSA) is 92.4 Å². The van der Waals surface area contributed by atoms with E-state index in [2.05, 4.69) is 27.8 Å². The number of H-pyrrole nitrogens is 1. The summed E-state index contributed by atoms with van der Waals surface area (Å²) in [5.41, 5.74) is 3.06. The number of anilines is 1. The maximum atomic E-state index is 13.0. The molecular weight excluding hydrogens is 406 g/mol. The van der Waals surface area contributed by atoms with E-state index < -0.39 is 5.97 Å². The third-order valence-corrected chi connectivity index (χ3v) is 5.71. The van der Waals surface area contributed by atoms with E-state index in [0.29, 0.717) is 37.6 Å². The monoisotopic (exact) mass is 435 g/mol. The molecule has 1 saturated heterocycles. The van der Waals surface area contributed by atoms with Crippen LogP contribution in [-0.2, 0) is 14.3 Å². The molecule has 1 aliphatic rings. The predicted molar refractivity (Wildman–Crippen MR) is 124 cm³/mol. The van der Waals surface area contributed by atoms with E-state index >= 15 is 0 Å². The fraction of sp³-hybridized carbons (Fsp3) is 0.360. The fourth-order valence-corrected chi connectivity index (χ4v) is 4.13. The van der Waals surface area contributed by atoms with Crippen molar-refractivity contribution >= 4 is 28.5 Å². The molecule has 0 aliphatic carbocycles. The summed E-state index contributed by atoms with van der Waals surface area (Å²) in [5.74, 6) is -0.305. The number of amides is 1. The maximum absolute atomic E-state index is 13.0. The van der Waals surface area contributed by atoms with Crippen molar-refractivity contribution in [3.05, 3.63) is 65.9 Å². The first-order valence-electron chi connectivity index (χ1n) is 11.1. The largest absolute Gasteiger partial charge is 0.461 e. The van der Waals surface area contributed by atoms with Crippen LogP contribution >= 0.6 is 0 Å². The Bertz CT molecular complexity index is 1060. The van der Waals surface area contributed by atoms with E-state index in [4.69, 9.17) is 9.47 Å². The number of aromatic nitrogens is 1. The second kappa shape index (κ2) is 10.4. The minimum Gasteiger partial charge on any atom is -0.461 e. The van der Waals surface area contributed by atoms with Gasteiger partial charge in [0.25, 0.3) is 0 Å². The van der Waals surface area contributed by atoms with Gasteiger partial charge in [-0.2, -0.15) is 0 Å². The van der Waals surface area contributed by atoms with Gasteiger partial charge in [0.1, 0.15) is 5.69 Å². The number of carbonyl (C=O) groups excluding carboxylic acids is 2. The molecular formula is C25H29N3O4. The van der Waals surface area contributed by atoms with Crippen LogP contribution in [0.5, 0.6) is 0 Å². The van der Waals surface area contributed by atoms with Gasteiger partial charge in [0.2, 0.25) is 5.91 Å². The van der Waals surface area contributed by atoms with E-state index in [1.165, 1.54) is 5.56 Å². The molecule has 0 spiro atoms. The average Bonchev–Trinajstić information content (AvgIpc) is 3.46. The van der Waals surface area contributed by atoms with Crippen LogP contribution in [-0.4, -0.2) is 49.3 Å². The SMILES string of the molecule is CCOCCCOC(=O)c1cc2cc(NC(=O)[C@@H]3NCC[C@H]3c3ccccc3)ccc2[nH]1. The Balaban J connectivity index is 1.39. The number of hydrogen-bond donors (Lipinski definition) is 3. The summed E-state index contributed by atoms with van der Waals surface area (Å²) in [5, 5.41) is 7.18. The lowest BCUT2D eigenvalue weighted by atomic mass is 9.91. The van der Waals surface area contributed by atoms with E-state index in [9.17, 15) is 9.59 Å². The molecule has 2 aromatic carbocycles. The lowest BCUT2D eigenvalue weighted by Gasteiger charge is -2.19. The molecule has 1 fully saturated rings. The first-order chi connectivity index (χ1) is 15.7. The number of carbonyl (C=O) groups is 2. The van der Waals surface area contributed by atoms with Crippen LogP contribution in [0.15, 0.2) is 54.6 Å². The molecule has 3 aromatic rings. The van der Waals surface area contributed by atoms with E-state index in [0.717, 1.165) is 23.9 Å². The van der Waals surface area contributed by atoms with Gasteiger partial charge in [-0.15, -0.1) is 0 Å². The van der Waals surface area contributed by atoms with Crippen LogP contribution in [0.2, 0.25) is 0 Å². The molecule has 3 N–H and O–H groups in total. The molecule has 1 aromatic heterocycles. The zero-order valence-corrected chi connectivity index (χ0v) is 18.2. The van der Waals surface area contributed by atoms with E-state index in [1.54, 1.807) is 6.07 Å². The zero-order valence-electron chi connectivity index (χ0n) is 18.2. The Morgan fingerprint density at radius 1 is 1.09 bits per heavy atom. The van der Waals surface area contributed by atoms with Gasteiger partial charge in [0.05, 0.1) is 12.6 Å². The zero-order chi connectivity index (χ0) is 22.3. The van der Waals surface area contributed by atoms with Gasteiger partial charge in [-0.1, -0.05) is 30.3 Å². The van der Waals surface area contributed by atoms with Gasteiger partial charge in [-0.25, -0.2) is 4.79 Å². The van der Waals surface area contributed by atoms with E-state index in [-0.39, 0.29) is 17.9 Å². The molecule has 0 bridgehead atoms. The molecule has 1 aliphatic heterocycles. The highest BCUT2D eigenvalue weighted by Gasteiger charge is 2.33. The molecule has 0 radical (unpaired) electrons. The van der Waals surface area contributed by atoms with Crippen molar-refractivity contribution in [2.45, 2.75) is 31.7 Å². The standard InChI is InChI=1S/C25H29N3O4/c1-2-31-13-6-14-32-25(30)22-16-18-15-19(9-10-21(18)28-22)27-24(29)23-20(11-12-26-23)17-7-4-3-5-8-17/h3-5,7-10,15-16,20,23,26,28H,2,6,11-14H2,1H3,(H,27,29)/t20-,23+/m0/s1. The number of aromatic amines is 1. The highest BCUT2D eigenvalue weighted by Crippen LogP contribution is 2.29. The Morgan fingerprint density at radius 3 is 2.75 bits per heavy atom. The van der Waals surface area contributed by atoms with Crippen LogP contribution in [0.4, 0.5) is 5.69 Å². The molecule has 0 saturated carbocycles. The van der Waals surface area contributed by atoms with Gasteiger partial charge in [0, 0.05) is 42.1 Å². The summed E-state index contributed by atoms with van der Waals surface area (Å²) in [6.45, 7) is 4.27. The van der Waals surface area contributed by atoms with Gasteiger partial charge >= 0.3 is 5.97 Å². The van der Waals surface area contributed by atoms with Crippen LogP contribution in [0.25, 0.3) is 10.9 Å². The smallest absolute Gasteiger partial charge is 0.354 e. The normalized spacial score (nSPS) is 18.0. The predicted octanol–water partition coefficient (Wildman–Crippen LogP) is 3.84. The van der Waals surface area contributed by atoms with Crippen LogP contribution in [0.3, 0.4) is 0 Å². The van der Waals surface area contributed by atoms with Crippen molar-refractivity contribution in [1.29, 1.82) is 0 Å². The van der Waals surface area contributed by atoms with Crippen LogP contribution in [0, 0.1) is 0 Å². The summed E-state index contributed by atoms with van der Waals surface area (Å²) in [6, 6.07) is 17.2. The first kappa shape index (κ1) is 22.0. The molecule has 32 heavy (non-hydrogen) atoms. The fourth-order valence-electron chi connectivity index (χ4n) is 4.13. The van der Waals surface area contributed by atoms with Crippen molar-refractivity contribution in [2.75, 3.05) is 31.7 Å². The minimum absolute atomic E-state index is 0.0554. The second-order valence-electron chi connectivity index (χ2n) is 7.90. The lowest BCUT2D eigenvalue weighted by Crippen LogP contribution is -2.39. The molecule has 2 heterocycles. The molecule has 2 atom stereocenters. The van der Waals surface area contributed by atoms with E-state index in [1.807, 2.05) is 43.3 Å². The summed E-state index contributed by atoms with van der Waals surface area (Å²) >= 11 is 0. The van der Waals surface area contributed by atoms with Gasteiger partial charge < -0.3 is 25.1 Å². The van der Waals surface area contributed by atoms with Gasteiger partial charge in [0.15, 0.2) is 0 Å². The average molecular weight is 436 g/mol. The Kier molecular flexibility index (Phi) is 7.19. The number of esters is 1. The molecule has 7 nitrogen and oxygen atoms in total. The number of nitrogens with one attached hydrogen (secondary N) is 3. The van der Waals surface area contributed by atoms with Crippen molar-refractivity contribution in [1.82, 2.24) is 10.3 Å². The Labute approximate surface area is 187 Å². The van der Waals surface area contributed by atoms with Crippen molar-refractivity contribution < 1.29 is 19.1 Å². The number of rotatable bonds is 9. The summed E-state index contributed by atoms with van der Waals surface area (Å²) in [4.78, 5) is 28.3. The molecule has 7 heteroatoms. The quantitative estimate of drug-likeness (QED) is 0.351. The van der Waals surface area contributed by atoms with Crippen molar-refractivity contribution in [3.63, 3.8) is 0 Å². The van der Waals surface area contributed by atoms with Crippen LogP contribution < -0.4 is 10.6 Å². The lowest BCUT2D eigenvalue weighted by molar-refractivity contribution is -0.118. The molecule has 1 amide bonds. The molecule has 4 rings (SSSR count). The highest BCUT2D eigenvalue weighted by molar-refractivity contribution is 5.99. The maximum Gasteiger partial charge on any atom is 0.354 e. The van der Waals surface area contributed by atoms with Gasteiger partial charge in [-0.05, 0) is 49.7 Å². The molecule has 0 unspecified atom stereocenters. The minimum atomic E-state index is -0.399. The number of fused-ring (bicyclic) bond motifs is 1. The second-order valence-corrected chi connectivity index (χ2v) is 7.90. The van der Waals surface area contributed by atoms with Crippen molar-refractivity contribution in [2.24, 2.45) is 0 Å². The Hall–Kier alpha value is -3.16. The number of ether oxygens (including phenoxy) is 2. The number of hydrogen-bond acceptors (Lipinski definition) is 5. The third-order valence-electron chi connectivity index (χ3n) is 5.71. The summed E-state index contributed by atoms with van der Waals surface area (Å²) in [6.07, 6.45) is 1.59. The molecule has 168 valence electrons. The Morgan fingerprint density at radius 2 is 1.94 bits per heavy atom. The summed E-state index contributed by atoms with van der Waals surface area (Å²) < 4.78 is 10.5. The highest BCUT2D eigenvalue weighted by atomic mass is 16.5.